The summed E-state index contributed by atoms with van der Waals surface area (Å²) < 4.78 is 5.23. The quantitative estimate of drug-likeness (QED) is 0.776. The SMILES string of the molecule is COc1cccc(CN(C)c2ccc(C(C)=O)c(Cl)c2)c1. The van der Waals surface area contributed by atoms with Gasteiger partial charge in [0.25, 0.3) is 0 Å². The lowest BCUT2D eigenvalue weighted by Crippen LogP contribution is -2.16. The Bertz CT molecular complexity index is 655. The van der Waals surface area contributed by atoms with Crippen molar-refractivity contribution in [1.82, 2.24) is 0 Å². The molecule has 0 aliphatic heterocycles. The molecule has 0 aromatic heterocycles. The van der Waals surface area contributed by atoms with E-state index in [2.05, 4.69) is 4.90 Å². The molecule has 2 aromatic rings. The average Bonchev–Trinajstić information content (AvgIpc) is 2.46. The van der Waals surface area contributed by atoms with E-state index >= 15 is 0 Å². The Morgan fingerprint density at radius 2 is 2.00 bits per heavy atom. The number of Topliss-reactive ketones (excluding diaryl/α,β-unsaturated/α-hetero) is 1. The zero-order chi connectivity index (χ0) is 15.4. The summed E-state index contributed by atoms with van der Waals surface area (Å²) in [6, 6.07) is 13.4. The van der Waals surface area contributed by atoms with Crippen molar-refractivity contribution in [2.75, 3.05) is 19.1 Å². The molecular formula is C17H18ClNO2. The minimum absolute atomic E-state index is 0.0259. The number of hydrogen-bond donors (Lipinski definition) is 0. The van der Waals surface area contributed by atoms with Gasteiger partial charge in [0, 0.05) is 24.8 Å². The minimum Gasteiger partial charge on any atom is -0.497 e. The molecule has 0 aliphatic carbocycles. The molecule has 4 heteroatoms. The number of ketones is 1. The third-order valence-corrected chi connectivity index (χ3v) is 3.64. The van der Waals surface area contributed by atoms with Crippen molar-refractivity contribution in [2.24, 2.45) is 0 Å². The summed E-state index contributed by atoms with van der Waals surface area (Å²) in [5.74, 6) is 0.813. The van der Waals surface area contributed by atoms with E-state index in [0.29, 0.717) is 10.6 Å². The van der Waals surface area contributed by atoms with Crippen molar-refractivity contribution in [3.05, 3.63) is 58.6 Å². The van der Waals surface area contributed by atoms with Gasteiger partial charge < -0.3 is 9.64 Å². The van der Waals surface area contributed by atoms with Crippen LogP contribution in [0.3, 0.4) is 0 Å². The molecule has 0 radical (unpaired) electrons. The molecule has 3 nitrogen and oxygen atoms in total. The first-order valence-corrected chi connectivity index (χ1v) is 7.03. The van der Waals surface area contributed by atoms with Crippen LogP contribution in [0.5, 0.6) is 5.75 Å². The number of anilines is 1. The van der Waals surface area contributed by atoms with Crippen molar-refractivity contribution in [3.63, 3.8) is 0 Å². The molecule has 0 amide bonds. The van der Waals surface area contributed by atoms with Crippen molar-refractivity contribution in [2.45, 2.75) is 13.5 Å². The smallest absolute Gasteiger partial charge is 0.161 e. The van der Waals surface area contributed by atoms with Crippen molar-refractivity contribution in [1.29, 1.82) is 0 Å². The van der Waals surface area contributed by atoms with Gasteiger partial charge in [-0.1, -0.05) is 23.7 Å². The zero-order valence-corrected chi connectivity index (χ0v) is 13.1. The molecule has 0 N–H and O–H groups in total. The third-order valence-electron chi connectivity index (χ3n) is 3.33. The third kappa shape index (κ3) is 3.76. The molecule has 2 aromatic carbocycles. The van der Waals surface area contributed by atoms with Gasteiger partial charge in [-0.2, -0.15) is 0 Å². The van der Waals surface area contributed by atoms with Crippen LogP contribution < -0.4 is 9.64 Å². The average molecular weight is 304 g/mol. The van der Waals surface area contributed by atoms with Crippen molar-refractivity contribution >= 4 is 23.1 Å². The van der Waals surface area contributed by atoms with Crippen LogP contribution in [0.4, 0.5) is 5.69 Å². The van der Waals surface area contributed by atoms with E-state index < -0.39 is 0 Å². The van der Waals surface area contributed by atoms with E-state index in [4.69, 9.17) is 16.3 Å². The summed E-state index contributed by atoms with van der Waals surface area (Å²) in [4.78, 5) is 13.5. The summed E-state index contributed by atoms with van der Waals surface area (Å²) >= 11 is 6.15. The second kappa shape index (κ2) is 6.64. The van der Waals surface area contributed by atoms with Crippen LogP contribution in [0.1, 0.15) is 22.8 Å². The van der Waals surface area contributed by atoms with E-state index in [-0.39, 0.29) is 5.78 Å². The Hall–Kier alpha value is -2.00. The lowest BCUT2D eigenvalue weighted by molar-refractivity contribution is 0.101. The monoisotopic (exact) mass is 303 g/mol. The number of methoxy groups -OCH3 is 1. The molecule has 2 rings (SSSR count). The molecule has 0 bridgehead atoms. The predicted octanol–water partition coefficient (Wildman–Crippen LogP) is 4.19. The number of nitrogens with zero attached hydrogens (tertiary/aromatic N) is 1. The van der Waals surface area contributed by atoms with Crippen LogP contribution >= 0.6 is 11.6 Å². The highest BCUT2D eigenvalue weighted by Gasteiger charge is 2.09. The highest BCUT2D eigenvalue weighted by Crippen LogP contribution is 2.25. The summed E-state index contributed by atoms with van der Waals surface area (Å²) in [5.41, 5.74) is 2.66. The number of benzene rings is 2. The zero-order valence-electron chi connectivity index (χ0n) is 12.4. The number of halogens is 1. The van der Waals surface area contributed by atoms with Gasteiger partial charge in [0.15, 0.2) is 5.78 Å². The summed E-state index contributed by atoms with van der Waals surface area (Å²) in [6.45, 7) is 2.24. The molecule has 0 spiro atoms. The fraction of sp³-hybridized carbons (Fsp3) is 0.235. The first-order chi connectivity index (χ1) is 10.0. The number of carbonyl (C=O) groups excluding carboxylic acids is 1. The second-order valence-corrected chi connectivity index (χ2v) is 5.34. The standard InChI is InChI=1S/C17H18ClNO2/c1-12(20)16-8-7-14(10-17(16)18)19(2)11-13-5-4-6-15(9-13)21-3/h4-10H,11H2,1-3H3. The molecule has 0 fully saturated rings. The van der Waals surface area contributed by atoms with E-state index in [0.717, 1.165) is 23.5 Å². The molecule has 21 heavy (non-hydrogen) atoms. The maximum absolute atomic E-state index is 11.4. The fourth-order valence-electron chi connectivity index (χ4n) is 2.16. The number of ether oxygens (including phenoxy) is 1. The van der Waals surface area contributed by atoms with E-state index in [1.54, 1.807) is 13.2 Å². The Morgan fingerprint density at radius 3 is 2.62 bits per heavy atom. The van der Waals surface area contributed by atoms with Gasteiger partial charge in [0.2, 0.25) is 0 Å². The van der Waals surface area contributed by atoms with Crippen LogP contribution in [0.25, 0.3) is 0 Å². The van der Waals surface area contributed by atoms with Gasteiger partial charge >= 0.3 is 0 Å². The van der Waals surface area contributed by atoms with Crippen LogP contribution in [-0.4, -0.2) is 19.9 Å². The number of rotatable bonds is 5. The Balaban J connectivity index is 2.18. The highest BCUT2D eigenvalue weighted by molar-refractivity contribution is 6.34. The van der Waals surface area contributed by atoms with Gasteiger partial charge in [-0.15, -0.1) is 0 Å². The topological polar surface area (TPSA) is 29.5 Å². The molecule has 0 saturated carbocycles. The van der Waals surface area contributed by atoms with Gasteiger partial charge in [0.1, 0.15) is 5.75 Å². The van der Waals surface area contributed by atoms with Gasteiger partial charge in [0.05, 0.1) is 12.1 Å². The number of hydrogen-bond acceptors (Lipinski definition) is 3. The molecule has 0 unspecified atom stereocenters. The number of carbonyl (C=O) groups is 1. The van der Waals surface area contributed by atoms with Crippen LogP contribution in [0.2, 0.25) is 5.02 Å². The molecule has 0 aliphatic rings. The second-order valence-electron chi connectivity index (χ2n) is 4.93. The predicted molar refractivity (Wildman–Crippen MR) is 86.6 cm³/mol. The maximum atomic E-state index is 11.4. The molecule has 0 atom stereocenters. The summed E-state index contributed by atoms with van der Waals surface area (Å²) in [7, 11) is 3.64. The Kier molecular flexibility index (Phi) is 4.86. The van der Waals surface area contributed by atoms with E-state index in [1.165, 1.54) is 6.92 Å². The van der Waals surface area contributed by atoms with Crippen LogP contribution in [0, 0.1) is 0 Å². The van der Waals surface area contributed by atoms with Crippen molar-refractivity contribution < 1.29 is 9.53 Å². The molecule has 0 saturated heterocycles. The molecular weight excluding hydrogens is 286 g/mol. The molecule has 0 heterocycles. The van der Waals surface area contributed by atoms with E-state index in [1.807, 2.05) is 43.4 Å². The Labute approximate surface area is 130 Å². The normalized spacial score (nSPS) is 10.3. The van der Waals surface area contributed by atoms with Crippen LogP contribution in [-0.2, 0) is 6.54 Å². The Morgan fingerprint density at radius 1 is 1.24 bits per heavy atom. The summed E-state index contributed by atoms with van der Waals surface area (Å²) in [5, 5.41) is 0.484. The fourth-order valence-corrected chi connectivity index (χ4v) is 2.47. The largest absolute Gasteiger partial charge is 0.497 e. The summed E-state index contributed by atoms with van der Waals surface area (Å²) in [6.07, 6.45) is 0. The van der Waals surface area contributed by atoms with Gasteiger partial charge in [-0.05, 0) is 42.8 Å². The first-order valence-electron chi connectivity index (χ1n) is 6.66. The lowest BCUT2D eigenvalue weighted by atomic mass is 10.1. The first kappa shape index (κ1) is 15.4. The molecule has 110 valence electrons. The lowest BCUT2D eigenvalue weighted by Gasteiger charge is -2.20. The van der Waals surface area contributed by atoms with Crippen molar-refractivity contribution in [3.8, 4) is 5.75 Å². The maximum Gasteiger partial charge on any atom is 0.161 e. The van der Waals surface area contributed by atoms with Gasteiger partial charge in [-0.25, -0.2) is 0 Å². The highest BCUT2D eigenvalue weighted by atomic mass is 35.5. The van der Waals surface area contributed by atoms with Crippen LogP contribution in [0.15, 0.2) is 42.5 Å². The van der Waals surface area contributed by atoms with Gasteiger partial charge in [-0.3, -0.25) is 4.79 Å². The van der Waals surface area contributed by atoms with E-state index in [9.17, 15) is 4.79 Å². The minimum atomic E-state index is -0.0259.